The molecule has 2 aliphatic carbocycles. The predicted molar refractivity (Wildman–Crippen MR) is 137 cm³/mol. The molecule has 4 heteroatoms. The lowest BCUT2D eigenvalue weighted by Crippen LogP contribution is -2.54. The van der Waals surface area contributed by atoms with Gasteiger partial charge < -0.3 is 14.9 Å². The number of phenolic OH excluding ortho intramolecular Hbond substituents is 1. The Bertz CT molecular complexity index is 718. The van der Waals surface area contributed by atoms with Crippen LogP contribution >= 0.6 is 0 Å². The Balaban J connectivity index is 0.000000354. The summed E-state index contributed by atoms with van der Waals surface area (Å²) in [4.78, 5) is 12.5. The molecule has 0 spiro atoms. The minimum absolute atomic E-state index is 0.106. The fraction of sp³-hybridized carbons (Fsp3) is 0.759. The van der Waals surface area contributed by atoms with Gasteiger partial charge in [-0.15, -0.1) is 0 Å². The van der Waals surface area contributed by atoms with E-state index in [0.29, 0.717) is 29.9 Å². The Labute approximate surface area is 203 Å². The lowest BCUT2D eigenvalue weighted by molar-refractivity contribution is -0.198. The van der Waals surface area contributed by atoms with Crippen LogP contribution in [0.2, 0.25) is 0 Å². The van der Waals surface area contributed by atoms with E-state index in [4.69, 9.17) is 9.84 Å². The van der Waals surface area contributed by atoms with E-state index in [-0.39, 0.29) is 5.97 Å². The van der Waals surface area contributed by atoms with Gasteiger partial charge in [-0.25, -0.2) is 0 Å². The molecule has 0 heterocycles. The number of aliphatic hydroxyl groups is 1. The van der Waals surface area contributed by atoms with Crippen molar-refractivity contribution in [2.24, 2.45) is 17.3 Å². The first-order valence-electron chi connectivity index (χ1n) is 13.1. The van der Waals surface area contributed by atoms with E-state index in [0.717, 1.165) is 38.5 Å². The molecule has 190 valence electrons. The number of hydrogen-bond donors (Lipinski definition) is 2. The van der Waals surface area contributed by atoms with Gasteiger partial charge in [0.05, 0.1) is 11.0 Å². The maximum atomic E-state index is 12.5. The van der Waals surface area contributed by atoms with E-state index in [9.17, 15) is 9.90 Å². The molecule has 0 aromatic heterocycles. The summed E-state index contributed by atoms with van der Waals surface area (Å²) in [6.45, 7) is 18.4. The molecule has 33 heavy (non-hydrogen) atoms. The van der Waals surface area contributed by atoms with Crippen molar-refractivity contribution in [3.8, 4) is 5.75 Å². The number of phenols is 1. The number of rotatable bonds is 5. The average Bonchev–Trinajstić information content (AvgIpc) is 2.73. The molecule has 2 saturated carbocycles. The highest BCUT2D eigenvalue weighted by Gasteiger charge is 2.52. The van der Waals surface area contributed by atoms with E-state index in [1.807, 2.05) is 53.7 Å². The number of benzene rings is 1. The topological polar surface area (TPSA) is 66.8 Å². The van der Waals surface area contributed by atoms with Gasteiger partial charge in [0, 0.05) is 6.42 Å². The van der Waals surface area contributed by atoms with Crippen molar-refractivity contribution in [1.29, 1.82) is 0 Å². The van der Waals surface area contributed by atoms with Crippen LogP contribution in [-0.2, 0) is 9.53 Å². The Morgan fingerprint density at radius 1 is 1.15 bits per heavy atom. The van der Waals surface area contributed by atoms with Gasteiger partial charge >= 0.3 is 5.97 Å². The number of carbonyl (C=O) groups excluding carboxylic acids is 1. The molecule has 5 unspecified atom stereocenters. The Morgan fingerprint density at radius 3 is 2.24 bits per heavy atom. The summed E-state index contributed by atoms with van der Waals surface area (Å²) in [5.41, 5.74) is -0.271. The summed E-state index contributed by atoms with van der Waals surface area (Å²) in [5.74, 6) is 1.89. The molecule has 0 aliphatic heterocycles. The van der Waals surface area contributed by atoms with E-state index in [2.05, 4.69) is 20.8 Å². The fourth-order valence-corrected chi connectivity index (χ4v) is 5.31. The second kappa shape index (κ2) is 12.2. The van der Waals surface area contributed by atoms with Crippen LogP contribution in [0.3, 0.4) is 0 Å². The lowest BCUT2D eigenvalue weighted by atomic mass is 9.61. The number of ether oxygens (including phenoxy) is 1. The number of esters is 1. The van der Waals surface area contributed by atoms with E-state index >= 15 is 0 Å². The van der Waals surface area contributed by atoms with Crippen molar-refractivity contribution in [3.05, 3.63) is 29.8 Å². The van der Waals surface area contributed by atoms with Gasteiger partial charge in [0.25, 0.3) is 0 Å². The maximum absolute atomic E-state index is 12.5. The number of aromatic hydroxyl groups is 1. The molecule has 0 amide bonds. The van der Waals surface area contributed by atoms with Gasteiger partial charge in [-0.2, -0.15) is 0 Å². The minimum atomic E-state index is -0.695. The molecular formula is C29H50O4. The molecule has 5 atom stereocenters. The molecule has 0 saturated heterocycles. The highest BCUT2D eigenvalue weighted by molar-refractivity contribution is 5.76. The summed E-state index contributed by atoms with van der Waals surface area (Å²) in [6.07, 6.45) is 6.32. The molecule has 3 rings (SSSR count). The molecule has 0 radical (unpaired) electrons. The number of fused-ring (bicyclic) bond motifs is 2. The molecule has 2 aliphatic rings. The Morgan fingerprint density at radius 2 is 1.73 bits per heavy atom. The van der Waals surface area contributed by atoms with Crippen molar-refractivity contribution in [3.63, 3.8) is 0 Å². The Kier molecular flexibility index (Phi) is 10.9. The van der Waals surface area contributed by atoms with Gasteiger partial charge in [0.2, 0.25) is 0 Å². The molecule has 2 N–H and O–H groups in total. The van der Waals surface area contributed by atoms with Crippen LogP contribution in [-0.4, -0.2) is 27.4 Å². The van der Waals surface area contributed by atoms with Crippen LogP contribution in [0.15, 0.2) is 24.3 Å². The maximum Gasteiger partial charge on any atom is 0.312 e. The first-order valence-corrected chi connectivity index (χ1v) is 13.1. The van der Waals surface area contributed by atoms with Crippen LogP contribution in [0.4, 0.5) is 0 Å². The highest BCUT2D eigenvalue weighted by atomic mass is 16.6. The van der Waals surface area contributed by atoms with Gasteiger partial charge in [-0.05, 0) is 94.7 Å². The van der Waals surface area contributed by atoms with E-state index in [1.165, 1.54) is 5.56 Å². The average molecular weight is 463 g/mol. The minimum Gasteiger partial charge on any atom is -0.508 e. The molecule has 1 aromatic carbocycles. The lowest BCUT2D eigenvalue weighted by Gasteiger charge is -2.52. The van der Waals surface area contributed by atoms with Crippen LogP contribution in [0.5, 0.6) is 5.75 Å². The molecule has 2 fully saturated rings. The largest absolute Gasteiger partial charge is 0.508 e. The zero-order valence-electron chi connectivity index (χ0n) is 22.7. The van der Waals surface area contributed by atoms with Gasteiger partial charge in [-0.1, -0.05) is 53.7 Å². The third-order valence-electron chi connectivity index (χ3n) is 7.37. The summed E-state index contributed by atoms with van der Waals surface area (Å²) in [7, 11) is 0. The van der Waals surface area contributed by atoms with Crippen molar-refractivity contribution < 1.29 is 19.7 Å². The van der Waals surface area contributed by atoms with Gasteiger partial charge in [0.15, 0.2) is 0 Å². The first kappa shape index (κ1) is 29.5. The van der Waals surface area contributed by atoms with E-state index < -0.39 is 16.6 Å². The third-order valence-corrected chi connectivity index (χ3v) is 7.37. The SMILES string of the molecule is CC.CCC(C)(C)C(=O)OC12CC(C)CC(CC(C)(O)C1)C2.CCC(C)c1ccc(O)cc1. The predicted octanol–water partition coefficient (Wildman–Crippen LogP) is 7.62. The van der Waals surface area contributed by atoms with Crippen LogP contribution in [0, 0.1) is 17.3 Å². The molecular weight excluding hydrogens is 412 g/mol. The monoisotopic (exact) mass is 462 g/mol. The first-order chi connectivity index (χ1) is 15.3. The molecule has 1 aromatic rings. The smallest absolute Gasteiger partial charge is 0.312 e. The van der Waals surface area contributed by atoms with Crippen molar-refractivity contribution in [2.45, 2.75) is 124 Å². The Hall–Kier alpha value is -1.55. The van der Waals surface area contributed by atoms with E-state index in [1.54, 1.807) is 12.1 Å². The second-order valence-corrected chi connectivity index (χ2v) is 11.2. The molecule has 2 bridgehead atoms. The number of hydrogen-bond acceptors (Lipinski definition) is 4. The second-order valence-electron chi connectivity index (χ2n) is 11.2. The third kappa shape index (κ3) is 8.63. The van der Waals surface area contributed by atoms with Gasteiger partial charge in [-0.3, -0.25) is 4.79 Å². The van der Waals surface area contributed by atoms with Crippen LogP contribution in [0.25, 0.3) is 0 Å². The zero-order chi connectivity index (χ0) is 25.4. The normalized spacial score (nSPS) is 29.5. The summed E-state index contributed by atoms with van der Waals surface area (Å²) in [5, 5.41) is 19.5. The quantitative estimate of drug-likeness (QED) is 0.442. The summed E-state index contributed by atoms with van der Waals surface area (Å²) in [6, 6.07) is 7.43. The zero-order valence-corrected chi connectivity index (χ0v) is 22.7. The van der Waals surface area contributed by atoms with Crippen molar-refractivity contribution >= 4 is 5.97 Å². The van der Waals surface area contributed by atoms with Crippen LogP contribution in [0.1, 0.15) is 119 Å². The summed E-state index contributed by atoms with van der Waals surface area (Å²) >= 11 is 0. The molecule has 4 nitrogen and oxygen atoms in total. The van der Waals surface area contributed by atoms with Crippen molar-refractivity contribution in [1.82, 2.24) is 0 Å². The van der Waals surface area contributed by atoms with Crippen molar-refractivity contribution in [2.75, 3.05) is 0 Å². The number of carbonyl (C=O) groups is 1. The van der Waals surface area contributed by atoms with Gasteiger partial charge in [0.1, 0.15) is 11.4 Å². The summed E-state index contributed by atoms with van der Waals surface area (Å²) < 4.78 is 6.01. The fourth-order valence-electron chi connectivity index (χ4n) is 5.31. The highest BCUT2D eigenvalue weighted by Crippen LogP contribution is 2.51. The van der Waals surface area contributed by atoms with Crippen LogP contribution < -0.4 is 0 Å². The standard InChI is InChI=1S/C17H30O3.C10H14O.C2H6/c1-6-15(3,4)14(18)20-17-8-12(2)7-13(10-17)9-16(5,19)11-17;1-3-8(2)9-4-6-10(11)7-5-9;1-2/h12-13,19H,6-11H2,1-5H3;4-8,11H,3H2,1-2H3;1-2H3.